The number of halogens is 3. The van der Waals surface area contributed by atoms with Gasteiger partial charge < -0.3 is 14.6 Å². The van der Waals surface area contributed by atoms with Crippen molar-refractivity contribution in [3.05, 3.63) is 74.2 Å². The first kappa shape index (κ1) is 25.1. The Morgan fingerprint density at radius 2 is 1.91 bits per heavy atom. The van der Waals surface area contributed by atoms with Crippen LogP contribution in [0.1, 0.15) is 50.3 Å². The second-order valence-corrected chi connectivity index (χ2v) is 10.3. The van der Waals surface area contributed by atoms with Crippen LogP contribution in [0.3, 0.4) is 0 Å². The molecule has 0 spiro atoms. The van der Waals surface area contributed by atoms with E-state index >= 15 is 0 Å². The van der Waals surface area contributed by atoms with Gasteiger partial charge in [0.1, 0.15) is 5.75 Å². The largest absolute Gasteiger partial charge is 0.480 e. The summed E-state index contributed by atoms with van der Waals surface area (Å²) in [6.45, 7) is 10.0. The van der Waals surface area contributed by atoms with Gasteiger partial charge in [-0.25, -0.2) is 4.79 Å². The minimum atomic E-state index is -1.05. The lowest BCUT2D eigenvalue weighted by molar-refractivity contribution is -0.139. The van der Waals surface area contributed by atoms with Crippen LogP contribution in [-0.4, -0.2) is 23.8 Å². The normalized spacial score (nSPS) is 23.2. The Morgan fingerprint density at radius 1 is 1.25 bits per heavy atom. The molecule has 7 heteroatoms. The van der Waals surface area contributed by atoms with E-state index < -0.39 is 12.6 Å². The first-order chi connectivity index (χ1) is 15.1. The van der Waals surface area contributed by atoms with Gasteiger partial charge in [-0.1, -0.05) is 61.3 Å². The fraction of sp³-hybridized carbons (Fsp3) is 0.400. The maximum Gasteiger partial charge on any atom is 0.341 e. The van der Waals surface area contributed by atoms with Crippen molar-refractivity contribution in [3.63, 3.8) is 0 Å². The number of carboxylic acid groups (broad SMARTS) is 1. The van der Waals surface area contributed by atoms with Gasteiger partial charge in [0.15, 0.2) is 6.61 Å². The Labute approximate surface area is 207 Å². The topological polar surface area (TPSA) is 55.8 Å². The SMILES string of the molecule is C=C(C)[C@@H]1C[C@@H](c2ccc(Cl)cc2)[C@@H](C(C)C)O[C@H]1c1cc(Cl)cc(Br)c1OCC(=O)O. The molecular weight excluding hydrogens is 515 g/mol. The van der Waals surface area contributed by atoms with E-state index in [9.17, 15) is 4.79 Å². The molecule has 1 aliphatic heterocycles. The average molecular weight is 542 g/mol. The highest BCUT2D eigenvalue weighted by Gasteiger charge is 2.42. The summed E-state index contributed by atoms with van der Waals surface area (Å²) < 4.78 is 13.0. The molecular formula is C25H27BrCl2O4. The molecule has 0 unspecified atom stereocenters. The third-order valence-corrected chi connectivity index (χ3v) is 6.90. The molecule has 0 radical (unpaired) electrons. The number of carboxylic acids is 1. The Kier molecular flexibility index (Phi) is 8.31. The second-order valence-electron chi connectivity index (χ2n) is 8.60. The van der Waals surface area contributed by atoms with E-state index in [1.165, 1.54) is 5.56 Å². The Bertz CT molecular complexity index is 990. The van der Waals surface area contributed by atoms with Crippen molar-refractivity contribution < 1.29 is 19.4 Å². The van der Waals surface area contributed by atoms with Crippen LogP contribution in [0.4, 0.5) is 0 Å². The molecule has 0 aromatic heterocycles. The molecule has 1 heterocycles. The fourth-order valence-electron chi connectivity index (χ4n) is 4.38. The number of hydrogen-bond donors (Lipinski definition) is 1. The van der Waals surface area contributed by atoms with E-state index in [4.69, 9.17) is 37.8 Å². The Morgan fingerprint density at radius 3 is 2.47 bits per heavy atom. The molecule has 1 saturated heterocycles. The van der Waals surface area contributed by atoms with Crippen molar-refractivity contribution in [2.24, 2.45) is 11.8 Å². The summed E-state index contributed by atoms with van der Waals surface area (Å²) in [7, 11) is 0. The maximum absolute atomic E-state index is 11.2. The summed E-state index contributed by atoms with van der Waals surface area (Å²) in [5.41, 5.74) is 2.88. The minimum absolute atomic E-state index is 0.0109. The zero-order valence-corrected chi connectivity index (χ0v) is 21.4. The molecule has 4 nitrogen and oxygen atoms in total. The number of hydrogen-bond acceptors (Lipinski definition) is 3. The lowest BCUT2D eigenvalue weighted by atomic mass is 9.73. The first-order valence-corrected chi connectivity index (χ1v) is 12.0. The molecule has 3 rings (SSSR count). The van der Waals surface area contributed by atoms with Crippen LogP contribution in [0.2, 0.25) is 10.0 Å². The number of benzene rings is 2. The summed E-state index contributed by atoms with van der Waals surface area (Å²) >= 11 is 16.0. The molecule has 0 amide bonds. The number of aliphatic carboxylic acids is 1. The van der Waals surface area contributed by atoms with Gasteiger partial charge in [0.25, 0.3) is 0 Å². The summed E-state index contributed by atoms with van der Waals surface area (Å²) in [5, 5.41) is 10.3. The van der Waals surface area contributed by atoms with Crippen LogP contribution >= 0.6 is 39.1 Å². The molecule has 2 aromatic carbocycles. The van der Waals surface area contributed by atoms with Gasteiger partial charge in [-0.05, 0) is 65.0 Å². The highest BCUT2D eigenvalue weighted by atomic mass is 79.9. The van der Waals surface area contributed by atoms with Crippen molar-refractivity contribution in [1.29, 1.82) is 0 Å². The van der Waals surface area contributed by atoms with Crippen molar-refractivity contribution in [3.8, 4) is 5.75 Å². The molecule has 1 aliphatic rings. The monoisotopic (exact) mass is 540 g/mol. The molecule has 1 N–H and O–H groups in total. The molecule has 1 fully saturated rings. The summed E-state index contributed by atoms with van der Waals surface area (Å²) in [5.74, 6) is -0.225. The quantitative estimate of drug-likeness (QED) is 0.365. The molecule has 0 aliphatic carbocycles. The van der Waals surface area contributed by atoms with Crippen molar-refractivity contribution in [1.82, 2.24) is 0 Å². The predicted octanol–water partition coefficient (Wildman–Crippen LogP) is 7.68. The Hall–Kier alpha value is -1.53. The van der Waals surface area contributed by atoms with Gasteiger partial charge >= 0.3 is 5.97 Å². The van der Waals surface area contributed by atoms with E-state index in [1.54, 1.807) is 12.1 Å². The van der Waals surface area contributed by atoms with E-state index in [1.807, 2.05) is 19.1 Å². The van der Waals surface area contributed by atoms with Crippen molar-refractivity contribution >= 4 is 45.1 Å². The molecule has 4 atom stereocenters. The number of rotatable bonds is 7. The van der Waals surface area contributed by atoms with Gasteiger partial charge in [-0.2, -0.15) is 0 Å². The third kappa shape index (κ3) is 5.69. The number of carbonyl (C=O) groups is 1. The number of ether oxygens (including phenoxy) is 2. The highest BCUT2D eigenvalue weighted by Crippen LogP contribution is 2.51. The van der Waals surface area contributed by atoms with Crippen LogP contribution in [-0.2, 0) is 9.53 Å². The lowest BCUT2D eigenvalue weighted by Gasteiger charge is -2.44. The van der Waals surface area contributed by atoms with Gasteiger partial charge in [-0.3, -0.25) is 0 Å². The van der Waals surface area contributed by atoms with E-state index in [-0.39, 0.29) is 30.0 Å². The minimum Gasteiger partial charge on any atom is -0.480 e. The highest BCUT2D eigenvalue weighted by molar-refractivity contribution is 9.10. The van der Waals surface area contributed by atoms with Crippen LogP contribution in [0.15, 0.2) is 53.0 Å². The first-order valence-electron chi connectivity index (χ1n) is 10.5. The van der Waals surface area contributed by atoms with Gasteiger partial charge in [0, 0.05) is 27.4 Å². The molecule has 32 heavy (non-hydrogen) atoms. The van der Waals surface area contributed by atoms with Crippen molar-refractivity contribution in [2.45, 2.75) is 45.3 Å². The van der Waals surface area contributed by atoms with Gasteiger partial charge in [0.05, 0.1) is 16.7 Å². The standard InChI is InChI=1S/C25H27BrCl2O4/c1-13(2)18-11-19(15-5-7-16(27)8-6-15)23(14(3)4)32-24(18)20-9-17(28)10-21(26)25(20)31-12-22(29)30/h5-10,14,18-19,23-24H,1,11-12H2,2-4H3,(H,29,30)/t18-,19-,23+,24+/m0/s1. The van der Waals surface area contributed by atoms with E-state index in [0.717, 1.165) is 17.6 Å². The van der Waals surface area contributed by atoms with E-state index in [0.29, 0.717) is 20.3 Å². The van der Waals surface area contributed by atoms with Crippen LogP contribution in [0.5, 0.6) is 5.75 Å². The van der Waals surface area contributed by atoms with Crippen LogP contribution in [0, 0.1) is 11.8 Å². The lowest BCUT2D eigenvalue weighted by Crippen LogP contribution is -2.39. The van der Waals surface area contributed by atoms with Crippen LogP contribution in [0.25, 0.3) is 0 Å². The summed E-state index contributed by atoms with van der Waals surface area (Å²) in [4.78, 5) is 11.2. The zero-order chi connectivity index (χ0) is 23.6. The summed E-state index contributed by atoms with van der Waals surface area (Å²) in [6, 6.07) is 11.4. The second kappa shape index (κ2) is 10.6. The fourth-order valence-corrected chi connectivity index (χ4v) is 5.45. The summed E-state index contributed by atoms with van der Waals surface area (Å²) in [6.07, 6.45) is 0.386. The third-order valence-electron chi connectivity index (χ3n) is 5.85. The smallest absolute Gasteiger partial charge is 0.341 e. The predicted molar refractivity (Wildman–Crippen MR) is 132 cm³/mol. The van der Waals surface area contributed by atoms with Crippen molar-refractivity contribution in [2.75, 3.05) is 6.61 Å². The zero-order valence-electron chi connectivity index (χ0n) is 18.3. The molecule has 0 bridgehead atoms. The van der Waals surface area contributed by atoms with E-state index in [2.05, 4.69) is 48.5 Å². The van der Waals surface area contributed by atoms with Gasteiger partial charge in [-0.15, -0.1) is 0 Å². The molecule has 172 valence electrons. The van der Waals surface area contributed by atoms with Crippen LogP contribution < -0.4 is 4.74 Å². The van der Waals surface area contributed by atoms with Gasteiger partial charge in [0.2, 0.25) is 0 Å². The Balaban J connectivity index is 2.06. The average Bonchev–Trinajstić information content (AvgIpc) is 2.72. The maximum atomic E-state index is 11.2. The molecule has 2 aromatic rings. The molecule has 0 saturated carbocycles.